The zero-order chi connectivity index (χ0) is 13.8. The number of amides is 1. The van der Waals surface area contributed by atoms with Gasteiger partial charge in [0.1, 0.15) is 5.56 Å². The zero-order valence-electron chi connectivity index (χ0n) is 9.41. The number of hydrogen-bond acceptors (Lipinski definition) is 5. The van der Waals surface area contributed by atoms with Crippen LogP contribution in [0, 0.1) is 10.1 Å². The summed E-state index contributed by atoms with van der Waals surface area (Å²) in [7, 11) is 0. The maximum Gasteiger partial charge on any atom is 0.282 e. The van der Waals surface area contributed by atoms with Gasteiger partial charge in [0.25, 0.3) is 11.6 Å². The maximum atomic E-state index is 11.9. The highest BCUT2D eigenvalue weighted by Crippen LogP contribution is 2.23. The number of nitro groups is 1. The predicted octanol–water partition coefficient (Wildman–Crippen LogP) is 2.29. The second-order valence-corrected chi connectivity index (χ2v) is 3.90. The van der Waals surface area contributed by atoms with Crippen molar-refractivity contribution in [3.63, 3.8) is 0 Å². The van der Waals surface area contributed by atoms with Gasteiger partial charge in [0.05, 0.1) is 11.1 Å². The fourth-order valence-corrected chi connectivity index (χ4v) is 1.57. The van der Waals surface area contributed by atoms with Crippen molar-refractivity contribution in [1.29, 1.82) is 0 Å². The molecule has 0 unspecified atom stereocenters. The van der Waals surface area contributed by atoms with E-state index < -0.39 is 10.8 Å². The molecular formula is C11H7ClN4O3. The Balaban J connectivity index is 2.33. The SMILES string of the molecule is O=C(Nc1cnccn1)c1cc(Cl)ccc1[N+](=O)[O-]. The molecule has 0 saturated carbocycles. The molecule has 8 heteroatoms. The van der Waals surface area contributed by atoms with Crippen LogP contribution in [0.3, 0.4) is 0 Å². The molecule has 1 aromatic carbocycles. The van der Waals surface area contributed by atoms with Crippen molar-refractivity contribution in [3.8, 4) is 0 Å². The first-order valence-electron chi connectivity index (χ1n) is 5.09. The summed E-state index contributed by atoms with van der Waals surface area (Å²) in [5, 5.41) is 13.5. The highest BCUT2D eigenvalue weighted by molar-refractivity contribution is 6.31. The number of halogens is 1. The van der Waals surface area contributed by atoms with Crippen LogP contribution in [0.15, 0.2) is 36.8 Å². The van der Waals surface area contributed by atoms with Crippen molar-refractivity contribution in [3.05, 3.63) is 57.5 Å². The van der Waals surface area contributed by atoms with Gasteiger partial charge in [-0.25, -0.2) is 4.98 Å². The number of nitrogens with zero attached hydrogens (tertiary/aromatic N) is 3. The predicted molar refractivity (Wildman–Crippen MR) is 68.1 cm³/mol. The van der Waals surface area contributed by atoms with Gasteiger partial charge < -0.3 is 5.32 Å². The number of benzene rings is 1. The van der Waals surface area contributed by atoms with Gasteiger partial charge in [0.15, 0.2) is 5.82 Å². The molecule has 1 aromatic heterocycles. The first-order chi connectivity index (χ1) is 9.08. The van der Waals surface area contributed by atoms with Gasteiger partial charge in [-0.05, 0) is 12.1 Å². The maximum absolute atomic E-state index is 11.9. The van der Waals surface area contributed by atoms with E-state index in [0.717, 1.165) is 0 Å². The van der Waals surface area contributed by atoms with E-state index >= 15 is 0 Å². The summed E-state index contributed by atoms with van der Waals surface area (Å²) in [6, 6.07) is 3.75. The van der Waals surface area contributed by atoms with Crippen LogP contribution >= 0.6 is 11.6 Å². The summed E-state index contributed by atoms with van der Waals surface area (Å²) in [5.74, 6) is -0.475. The Morgan fingerprint density at radius 1 is 1.37 bits per heavy atom. The molecule has 96 valence electrons. The van der Waals surface area contributed by atoms with Crippen molar-refractivity contribution in [2.45, 2.75) is 0 Å². The zero-order valence-corrected chi connectivity index (χ0v) is 10.2. The van der Waals surface area contributed by atoms with Crippen LogP contribution in [0.5, 0.6) is 0 Å². The Morgan fingerprint density at radius 2 is 2.16 bits per heavy atom. The first-order valence-corrected chi connectivity index (χ1v) is 5.47. The average Bonchev–Trinajstić information content (AvgIpc) is 2.39. The third-order valence-corrected chi connectivity index (χ3v) is 2.44. The van der Waals surface area contributed by atoms with Crippen molar-refractivity contribution < 1.29 is 9.72 Å². The molecule has 0 aliphatic heterocycles. The van der Waals surface area contributed by atoms with Crippen molar-refractivity contribution in [1.82, 2.24) is 9.97 Å². The molecule has 0 saturated heterocycles. The lowest BCUT2D eigenvalue weighted by atomic mass is 10.1. The minimum atomic E-state index is -0.672. The summed E-state index contributed by atoms with van der Waals surface area (Å²) in [4.78, 5) is 29.8. The van der Waals surface area contributed by atoms with Crippen LogP contribution in [0.4, 0.5) is 11.5 Å². The number of aromatic nitrogens is 2. The molecule has 19 heavy (non-hydrogen) atoms. The van der Waals surface area contributed by atoms with Gasteiger partial charge in [-0.15, -0.1) is 0 Å². The van der Waals surface area contributed by atoms with Crippen LogP contribution in [0.1, 0.15) is 10.4 Å². The standard InChI is InChI=1S/C11H7ClN4O3/c12-7-1-2-9(16(18)19)8(5-7)11(17)15-10-6-13-3-4-14-10/h1-6H,(H,14,15,17). The van der Waals surface area contributed by atoms with Gasteiger partial charge in [-0.3, -0.25) is 19.9 Å². The van der Waals surface area contributed by atoms with Crippen molar-refractivity contribution in [2.75, 3.05) is 5.32 Å². The highest BCUT2D eigenvalue weighted by atomic mass is 35.5. The summed E-state index contributed by atoms with van der Waals surface area (Å²) in [5.41, 5.74) is -0.464. The third kappa shape index (κ3) is 3.02. The molecule has 1 N–H and O–H groups in total. The van der Waals surface area contributed by atoms with Crippen LogP contribution < -0.4 is 5.32 Å². The molecule has 0 bridgehead atoms. The Morgan fingerprint density at radius 3 is 2.79 bits per heavy atom. The van der Waals surface area contributed by atoms with E-state index in [-0.39, 0.29) is 22.1 Å². The molecule has 7 nitrogen and oxygen atoms in total. The summed E-state index contributed by atoms with van der Waals surface area (Å²) < 4.78 is 0. The topological polar surface area (TPSA) is 98.0 Å². The number of anilines is 1. The molecule has 0 fully saturated rings. The lowest BCUT2D eigenvalue weighted by molar-refractivity contribution is -0.385. The van der Waals surface area contributed by atoms with Crippen LogP contribution in [-0.2, 0) is 0 Å². The number of nitro benzene ring substituents is 1. The Hall–Kier alpha value is -2.54. The van der Waals surface area contributed by atoms with Crippen molar-refractivity contribution in [2.24, 2.45) is 0 Å². The lowest BCUT2D eigenvalue weighted by Crippen LogP contribution is -2.14. The number of hydrogen-bond donors (Lipinski definition) is 1. The average molecular weight is 279 g/mol. The van der Waals surface area contributed by atoms with E-state index in [4.69, 9.17) is 11.6 Å². The number of carbonyl (C=O) groups is 1. The molecule has 0 radical (unpaired) electrons. The van der Waals surface area contributed by atoms with E-state index in [1.54, 1.807) is 0 Å². The number of carbonyl (C=O) groups excluding carboxylic acids is 1. The Labute approximate surface area is 112 Å². The van der Waals surface area contributed by atoms with Crippen molar-refractivity contribution >= 4 is 29.0 Å². The molecule has 2 rings (SSSR count). The molecule has 0 atom stereocenters. The second-order valence-electron chi connectivity index (χ2n) is 3.46. The molecule has 0 aliphatic rings. The highest BCUT2D eigenvalue weighted by Gasteiger charge is 2.20. The first kappa shape index (κ1) is 12.9. The van der Waals surface area contributed by atoms with Crippen LogP contribution in [0.2, 0.25) is 5.02 Å². The Kier molecular flexibility index (Phi) is 3.67. The number of nitrogens with one attached hydrogen (secondary N) is 1. The minimum absolute atomic E-state index is 0.136. The van der Waals surface area contributed by atoms with E-state index in [9.17, 15) is 14.9 Å². The smallest absolute Gasteiger partial charge is 0.282 e. The van der Waals surface area contributed by atoms with E-state index in [1.165, 1.54) is 36.8 Å². The van der Waals surface area contributed by atoms with Gasteiger partial charge in [0.2, 0.25) is 0 Å². The molecular weight excluding hydrogens is 272 g/mol. The monoisotopic (exact) mass is 278 g/mol. The summed E-state index contributed by atoms with van der Waals surface area (Å²) >= 11 is 5.74. The largest absolute Gasteiger partial charge is 0.305 e. The van der Waals surface area contributed by atoms with Crippen LogP contribution in [0.25, 0.3) is 0 Å². The lowest BCUT2D eigenvalue weighted by Gasteiger charge is -2.04. The normalized spacial score (nSPS) is 9.95. The molecule has 2 aromatic rings. The van der Waals surface area contributed by atoms with Gasteiger partial charge >= 0.3 is 0 Å². The molecule has 0 aliphatic carbocycles. The van der Waals surface area contributed by atoms with E-state index in [0.29, 0.717) is 0 Å². The fraction of sp³-hybridized carbons (Fsp3) is 0. The fourth-order valence-electron chi connectivity index (χ4n) is 1.40. The minimum Gasteiger partial charge on any atom is -0.305 e. The summed E-state index contributed by atoms with van der Waals surface area (Å²) in [6.07, 6.45) is 4.16. The third-order valence-electron chi connectivity index (χ3n) is 2.20. The van der Waals surface area contributed by atoms with E-state index in [2.05, 4.69) is 15.3 Å². The molecule has 0 spiro atoms. The molecule has 1 amide bonds. The van der Waals surface area contributed by atoms with Gasteiger partial charge in [0, 0.05) is 23.5 Å². The molecule has 1 heterocycles. The van der Waals surface area contributed by atoms with E-state index in [1.807, 2.05) is 0 Å². The quantitative estimate of drug-likeness (QED) is 0.686. The van der Waals surface area contributed by atoms with Gasteiger partial charge in [-0.1, -0.05) is 11.6 Å². The Bertz CT molecular complexity index is 633. The summed E-state index contributed by atoms with van der Waals surface area (Å²) in [6.45, 7) is 0. The van der Waals surface area contributed by atoms with Crippen LogP contribution in [-0.4, -0.2) is 20.8 Å². The van der Waals surface area contributed by atoms with Gasteiger partial charge in [-0.2, -0.15) is 0 Å². The number of rotatable bonds is 3. The second kappa shape index (κ2) is 5.40.